The van der Waals surface area contributed by atoms with Crippen molar-refractivity contribution in [2.45, 2.75) is 84.5 Å². The monoisotopic (exact) mass is 324 g/mol. The summed E-state index contributed by atoms with van der Waals surface area (Å²) >= 11 is 0. The Morgan fingerprint density at radius 2 is 1.62 bits per heavy atom. The molecule has 1 saturated carbocycles. The fourth-order valence-corrected chi connectivity index (χ4v) is 4.98. The molecule has 1 aromatic carbocycles. The molecular weight excluding hydrogens is 288 g/mol. The van der Waals surface area contributed by atoms with E-state index in [9.17, 15) is 0 Å². The zero-order valence-corrected chi connectivity index (χ0v) is 15.9. The van der Waals surface area contributed by atoms with Gasteiger partial charge in [-0.05, 0) is 75.2 Å². The second-order valence-electron chi connectivity index (χ2n) is 8.45. The summed E-state index contributed by atoms with van der Waals surface area (Å²) in [5, 5.41) is 0. The lowest BCUT2D eigenvalue weighted by Gasteiger charge is -2.35. The van der Waals surface area contributed by atoms with Gasteiger partial charge in [0.1, 0.15) is 0 Å². The molecule has 3 rings (SSSR count). The van der Waals surface area contributed by atoms with E-state index < -0.39 is 0 Å². The summed E-state index contributed by atoms with van der Waals surface area (Å²) in [5.41, 5.74) is 4.59. The Kier molecular flexibility index (Phi) is 6.58. The van der Waals surface area contributed by atoms with Gasteiger partial charge in [-0.3, -0.25) is 0 Å². The van der Waals surface area contributed by atoms with Gasteiger partial charge in [0, 0.05) is 0 Å². The van der Waals surface area contributed by atoms with Crippen LogP contribution in [0.1, 0.15) is 82.3 Å². The molecule has 2 aliphatic carbocycles. The molecule has 0 radical (unpaired) electrons. The molecule has 0 amide bonds. The van der Waals surface area contributed by atoms with E-state index in [1.165, 1.54) is 81.8 Å². The number of hydrogen-bond acceptors (Lipinski definition) is 0. The Labute approximate surface area is 149 Å². The van der Waals surface area contributed by atoms with Crippen molar-refractivity contribution in [3.05, 3.63) is 47.0 Å². The summed E-state index contributed by atoms with van der Waals surface area (Å²) in [7, 11) is 0. The molecule has 1 fully saturated rings. The lowest BCUT2D eigenvalue weighted by molar-refractivity contribution is 0.186. The molecule has 2 aliphatic rings. The van der Waals surface area contributed by atoms with Gasteiger partial charge in [0.25, 0.3) is 0 Å². The van der Waals surface area contributed by atoms with E-state index in [1.54, 1.807) is 5.57 Å². The molecule has 1 atom stereocenters. The van der Waals surface area contributed by atoms with Crippen LogP contribution in [0.15, 0.2) is 35.9 Å². The fraction of sp³-hybridized carbons (Fsp3) is 0.667. The van der Waals surface area contributed by atoms with Crippen molar-refractivity contribution in [3.63, 3.8) is 0 Å². The summed E-state index contributed by atoms with van der Waals surface area (Å²) in [6, 6.07) is 9.09. The highest BCUT2D eigenvalue weighted by Crippen LogP contribution is 2.41. The maximum absolute atomic E-state index is 2.61. The van der Waals surface area contributed by atoms with Crippen LogP contribution in [0, 0.1) is 24.7 Å². The number of benzene rings is 1. The number of rotatable bonds is 6. The molecule has 0 aliphatic heterocycles. The zero-order chi connectivity index (χ0) is 16.8. The second kappa shape index (κ2) is 8.88. The van der Waals surface area contributed by atoms with Crippen molar-refractivity contribution in [1.29, 1.82) is 0 Å². The van der Waals surface area contributed by atoms with E-state index >= 15 is 0 Å². The van der Waals surface area contributed by atoms with Gasteiger partial charge in [0.15, 0.2) is 0 Å². The van der Waals surface area contributed by atoms with Crippen molar-refractivity contribution in [1.82, 2.24) is 0 Å². The van der Waals surface area contributed by atoms with Crippen LogP contribution in [-0.2, 0) is 6.42 Å². The average molecular weight is 325 g/mol. The van der Waals surface area contributed by atoms with Gasteiger partial charge in [-0.15, -0.1) is 0 Å². The van der Waals surface area contributed by atoms with E-state index in [0.29, 0.717) is 0 Å². The highest BCUT2D eigenvalue weighted by Gasteiger charge is 2.28. The normalized spacial score (nSPS) is 27.8. The molecule has 132 valence electrons. The summed E-state index contributed by atoms with van der Waals surface area (Å²) < 4.78 is 0. The minimum atomic E-state index is 0.996. The average Bonchev–Trinajstić information content (AvgIpc) is 2.63. The molecule has 1 aromatic rings. The maximum atomic E-state index is 2.61. The van der Waals surface area contributed by atoms with Gasteiger partial charge >= 0.3 is 0 Å². The molecule has 0 heterocycles. The molecule has 0 saturated heterocycles. The Bertz CT molecular complexity index is 513. The van der Waals surface area contributed by atoms with E-state index in [1.807, 2.05) is 0 Å². The molecular formula is C24H36. The minimum absolute atomic E-state index is 0.996. The lowest BCUT2D eigenvalue weighted by atomic mass is 9.70. The lowest BCUT2D eigenvalue weighted by Crippen LogP contribution is -2.23. The molecule has 0 nitrogen and oxygen atoms in total. The SMILES string of the molecule is CCC[C@H]1CC[C@H](C2CC=C(CCc3ccc(C)cc3)CC2)CC1. The summed E-state index contributed by atoms with van der Waals surface area (Å²) in [6.45, 7) is 4.51. The molecule has 0 spiro atoms. The van der Waals surface area contributed by atoms with Crippen molar-refractivity contribution in [2.75, 3.05) is 0 Å². The first-order valence-electron chi connectivity index (χ1n) is 10.5. The first kappa shape index (κ1) is 17.8. The predicted molar refractivity (Wildman–Crippen MR) is 105 cm³/mol. The topological polar surface area (TPSA) is 0 Å². The summed E-state index contributed by atoms with van der Waals surface area (Å²) in [6.07, 6.45) is 18.2. The van der Waals surface area contributed by atoms with Crippen molar-refractivity contribution in [2.24, 2.45) is 17.8 Å². The Balaban J connectivity index is 1.42. The van der Waals surface area contributed by atoms with Crippen LogP contribution in [0.2, 0.25) is 0 Å². The minimum Gasteiger partial charge on any atom is -0.0850 e. The second-order valence-corrected chi connectivity index (χ2v) is 8.45. The molecule has 0 aromatic heterocycles. The van der Waals surface area contributed by atoms with Crippen molar-refractivity contribution < 1.29 is 0 Å². The van der Waals surface area contributed by atoms with E-state index in [0.717, 1.165) is 17.8 Å². The molecule has 24 heavy (non-hydrogen) atoms. The molecule has 0 bridgehead atoms. The third-order valence-electron chi connectivity index (χ3n) is 6.66. The van der Waals surface area contributed by atoms with Crippen LogP contribution in [-0.4, -0.2) is 0 Å². The largest absolute Gasteiger partial charge is 0.0850 e. The van der Waals surface area contributed by atoms with Crippen LogP contribution in [0.5, 0.6) is 0 Å². The molecule has 0 heteroatoms. The van der Waals surface area contributed by atoms with Gasteiger partial charge in [-0.2, -0.15) is 0 Å². The number of aryl methyl sites for hydroxylation is 2. The van der Waals surface area contributed by atoms with Gasteiger partial charge in [0.2, 0.25) is 0 Å². The van der Waals surface area contributed by atoms with Gasteiger partial charge in [-0.25, -0.2) is 0 Å². The van der Waals surface area contributed by atoms with Gasteiger partial charge in [0.05, 0.1) is 0 Å². The zero-order valence-electron chi connectivity index (χ0n) is 15.9. The Hall–Kier alpha value is -1.04. The third kappa shape index (κ3) is 4.98. The third-order valence-corrected chi connectivity index (χ3v) is 6.66. The molecule has 1 unspecified atom stereocenters. The van der Waals surface area contributed by atoms with Gasteiger partial charge in [-0.1, -0.05) is 74.1 Å². The van der Waals surface area contributed by atoms with Crippen LogP contribution >= 0.6 is 0 Å². The van der Waals surface area contributed by atoms with E-state index in [2.05, 4.69) is 44.2 Å². The number of allylic oxidation sites excluding steroid dienone is 2. The van der Waals surface area contributed by atoms with Crippen molar-refractivity contribution >= 4 is 0 Å². The quantitative estimate of drug-likeness (QED) is 0.483. The predicted octanol–water partition coefficient (Wildman–Crippen LogP) is 7.26. The number of hydrogen-bond donors (Lipinski definition) is 0. The van der Waals surface area contributed by atoms with Crippen LogP contribution in [0.4, 0.5) is 0 Å². The standard InChI is InChI=1S/C24H36/c1-3-4-20-11-15-23(16-12-20)24-17-13-22(14-18-24)10-9-21-7-5-19(2)6-8-21/h5-8,13,20,23-24H,3-4,9-12,14-18H2,1-2H3/t20-,23-,24?. The summed E-state index contributed by atoms with van der Waals surface area (Å²) in [5.74, 6) is 3.08. The van der Waals surface area contributed by atoms with Crippen LogP contribution < -0.4 is 0 Å². The van der Waals surface area contributed by atoms with Gasteiger partial charge < -0.3 is 0 Å². The van der Waals surface area contributed by atoms with Crippen LogP contribution in [0.25, 0.3) is 0 Å². The van der Waals surface area contributed by atoms with Crippen molar-refractivity contribution in [3.8, 4) is 0 Å². The first-order valence-corrected chi connectivity index (χ1v) is 10.5. The maximum Gasteiger partial charge on any atom is -0.0241 e. The first-order chi connectivity index (χ1) is 11.7. The van der Waals surface area contributed by atoms with E-state index in [4.69, 9.17) is 0 Å². The van der Waals surface area contributed by atoms with Crippen LogP contribution in [0.3, 0.4) is 0 Å². The Morgan fingerprint density at radius 1 is 0.875 bits per heavy atom. The highest BCUT2D eigenvalue weighted by molar-refractivity contribution is 5.22. The highest BCUT2D eigenvalue weighted by atomic mass is 14.3. The summed E-state index contributed by atoms with van der Waals surface area (Å²) in [4.78, 5) is 0. The smallest absolute Gasteiger partial charge is 0.0241 e. The Morgan fingerprint density at radius 3 is 2.25 bits per heavy atom. The molecule has 0 N–H and O–H groups in total. The fourth-order valence-electron chi connectivity index (χ4n) is 4.98. The van der Waals surface area contributed by atoms with E-state index in [-0.39, 0.29) is 0 Å².